The fraction of sp³-hybridized carbons (Fsp3) is 0.396. The minimum absolute atomic E-state index is 0.0134. The molecule has 0 saturated carbocycles. The van der Waals surface area contributed by atoms with E-state index in [-0.39, 0.29) is 54.1 Å². The number of furan rings is 2. The SMILES string of the molecule is CC(C)(C)c1ccc(Cc2cc(N(c3ccc(C(C)(C)C)cc3)c3coc4ccc(C(C)(C)C)cc34)cc(C(C)(C)C)c2)cc1.CC(C)(C)c1ccc(N(c2cc(N(c3ccc(C(C)(C)C)cc3)c3coc4ccc(C(C)(C)C)cc34)cc(C(C)(C)C)c2)c2cc(C(C)(C)C)ccc2Br)cc1.Cc1cc(C(C)(C)C)ccc1Br. The van der Waals surface area contributed by atoms with Crippen molar-refractivity contribution in [3.8, 4) is 0 Å². The largest absolute Gasteiger partial charge is 0.462 e. The Kier molecular flexibility index (Phi) is 24.9. The second-order valence-electron chi connectivity index (χ2n) is 41.9. The Balaban J connectivity index is 0.000000212. The van der Waals surface area contributed by atoms with Gasteiger partial charge < -0.3 is 23.5 Å². The number of benzene rings is 10. The third-order valence-electron chi connectivity index (χ3n) is 22.0. The summed E-state index contributed by atoms with van der Waals surface area (Å²) in [5.41, 5.74) is 29.0. The highest BCUT2D eigenvalue weighted by molar-refractivity contribution is 9.11. The smallest absolute Gasteiger partial charge is 0.136 e. The van der Waals surface area contributed by atoms with E-state index in [1.165, 1.54) is 76.8 Å². The van der Waals surface area contributed by atoms with E-state index in [1.807, 2.05) is 12.5 Å². The van der Waals surface area contributed by atoms with Gasteiger partial charge in [-0.2, -0.15) is 0 Å². The Hall–Kier alpha value is -8.36. The maximum Gasteiger partial charge on any atom is 0.136 e. The molecule has 0 fully saturated rings. The number of rotatable bonds is 11. The Morgan fingerprint density at radius 2 is 0.504 bits per heavy atom. The molecule has 0 amide bonds. The van der Waals surface area contributed by atoms with Crippen LogP contribution in [0.5, 0.6) is 0 Å². The fourth-order valence-corrected chi connectivity index (χ4v) is 14.8. The summed E-state index contributed by atoms with van der Waals surface area (Å²) in [5.74, 6) is 0. The first-order chi connectivity index (χ1) is 52.0. The molecule has 12 rings (SSSR count). The molecular formula is C106H131Br2N3O2. The molecule has 0 spiro atoms. The molecule has 0 radical (unpaired) electrons. The van der Waals surface area contributed by atoms with Crippen LogP contribution in [0.1, 0.15) is 280 Å². The standard InChI is InChI=1S/C52H63BrN2O.C43H53NO.C11H15Br/c1-48(2,3)34-16-22-39(23-17-34)54(45-31-37(51(10,11)12)20-26-44(45)53)41-28-38(52(13,14)15)29-42(32-41)55(40-24-18-35(19-25-40)49(4,5)6)46-33-56-47-27-21-36(30-43(46)47)50(7,8)9;1-40(2,3)31-15-13-29(14-16-31)23-30-24-34(43(10,11)12)26-36(25-30)44(35-20-17-32(18-21-35)41(4,5)6)38-28-45-39-22-19-33(27-37(38)39)42(7,8)9;1-8-7-9(11(2,3)4)5-6-10(8)12/h16-33H,1-15H3;13-22,24-28H,23H2,1-12H3;5-7H,1-4H3. The van der Waals surface area contributed by atoms with Crippen molar-refractivity contribution in [1.82, 2.24) is 0 Å². The zero-order valence-electron chi connectivity index (χ0n) is 74.4. The number of fused-ring (bicyclic) bond motifs is 2. The average Bonchev–Trinajstić information content (AvgIpc) is 1.74. The van der Waals surface area contributed by atoms with Gasteiger partial charge in [0.15, 0.2) is 0 Å². The van der Waals surface area contributed by atoms with Crippen LogP contribution in [-0.2, 0) is 60.6 Å². The predicted octanol–water partition coefficient (Wildman–Crippen LogP) is 33.4. The summed E-state index contributed by atoms with van der Waals surface area (Å²) in [6.07, 6.45) is 4.74. The van der Waals surface area contributed by atoms with Gasteiger partial charge in [0, 0.05) is 53.8 Å². The molecule has 596 valence electrons. The summed E-state index contributed by atoms with van der Waals surface area (Å²) < 4.78 is 14.8. The monoisotopic (exact) mass is 1640 g/mol. The summed E-state index contributed by atoms with van der Waals surface area (Å²) in [4.78, 5) is 7.22. The van der Waals surface area contributed by atoms with Crippen molar-refractivity contribution < 1.29 is 8.83 Å². The van der Waals surface area contributed by atoms with Crippen molar-refractivity contribution in [3.63, 3.8) is 0 Å². The van der Waals surface area contributed by atoms with Crippen molar-refractivity contribution in [2.75, 3.05) is 14.7 Å². The van der Waals surface area contributed by atoms with E-state index < -0.39 is 0 Å². The lowest BCUT2D eigenvalue weighted by atomic mass is 9.84. The molecule has 2 heterocycles. The highest BCUT2D eigenvalue weighted by atomic mass is 79.9. The van der Waals surface area contributed by atoms with Crippen LogP contribution in [0.25, 0.3) is 21.9 Å². The van der Waals surface area contributed by atoms with Crippen LogP contribution in [0, 0.1) is 6.92 Å². The molecular weight excluding hydrogens is 1510 g/mol. The molecule has 7 heteroatoms. The normalized spacial score (nSPS) is 12.9. The summed E-state index contributed by atoms with van der Waals surface area (Å²) >= 11 is 7.52. The van der Waals surface area contributed by atoms with Gasteiger partial charge in [0.05, 0.1) is 17.1 Å². The summed E-state index contributed by atoms with van der Waals surface area (Å²) in [5, 5.41) is 2.22. The third-order valence-corrected chi connectivity index (χ3v) is 23.5. The van der Waals surface area contributed by atoms with E-state index in [0.717, 1.165) is 84.0 Å². The van der Waals surface area contributed by atoms with Gasteiger partial charge in [-0.1, -0.05) is 321 Å². The number of nitrogens with zero attached hydrogens (tertiary/aromatic N) is 3. The molecule has 0 atom stereocenters. The third kappa shape index (κ3) is 21.0. The topological polar surface area (TPSA) is 36.0 Å². The molecule has 5 nitrogen and oxygen atoms in total. The minimum Gasteiger partial charge on any atom is -0.462 e. The molecule has 0 saturated heterocycles. The Bertz CT molecular complexity index is 5280. The first kappa shape index (κ1) is 87.0. The molecule has 0 aliphatic heterocycles. The van der Waals surface area contributed by atoms with Gasteiger partial charge >= 0.3 is 0 Å². The van der Waals surface area contributed by atoms with E-state index in [0.29, 0.717) is 0 Å². The van der Waals surface area contributed by atoms with Gasteiger partial charge in [-0.05, 0) is 265 Å². The van der Waals surface area contributed by atoms with Crippen LogP contribution < -0.4 is 14.7 Å². The lowest BCUT2D eigenvalue weighted by Gasteiger charge is -2.33. The molecule has 0 unspecified atom stereocenters. The second kappa shape index (κ2) is 32.4. The Labute approximate surface area is 698 Å². The van der Waals surface area contributed by atoms with Gasteiger partial charge in [0.2, 0.25) is 0 Å². The van der Waals surface area contributed by atoms with E-state index in [2.05, 4.69) is 467 Å². The number of halogens is 2. The van der Waals surface area contributed by atoms with Gasteiger partial charge in [0.1, 0.15) is 23.7 Å². The zero-order chi connectivity index (χ0) is 83.5. The lowest BCUT2D eigenvalue weighted by Crippen LogP contribution is -2.19. The van der Waals surface area contributed by atoms with Crippen molar-refractivity contribution in [2.24, 2.45) is 0 Å². The maximum absolute atomic E-state index is 6.37. The number of aryl methyl sites for hydroxylation is 1. The van der Waals surface area contributed by atoms with Gasteiger partial charge in [-0.25, -0.2) is 0 Å². The second-order valence-corrected chi connectivity index (χ2v) is 43.6. The van der Waals surface area contributed by atoms with Crippen LogP contribution in [0.3, 0.4) is 0 Å². The summed E-state index contributed by atoms with van der Waals surface area (Å²) in [6.45, 7) is 70.4. The van der Waals surface area contributed by atoms with E-state index >= 15 is 0 Å². The molecule has 113 heavy (non-hydrogen) atoms. The Morgan fingerprint density at radius 3 is 0.841 bits per heavy atom. The summed E-state index contributed by atoms with van der Waals surface area (Å²) in [7, 11) is 0. The molecule has 0 bridgehead atoms. The number of hydrogen-bond donors (Lipinski definition) is 0. The van der Waals surface area contributed by atoms with Crippen LogP contribution in [0.15, 0.2) is 237 Å². The zero-order valence-corrected chi connectivity index (χ0v) is 77.6. The van der Waals surface area contributed by atoms with Crippen molar-refractivity contribution in [2.45, 2.75) is 275 Å². The lowest BCUT2D eigenvalue weighted by molar-refractivity contribution is 0.588. The molecule has 12 aromatic rings. The van der Waals surface area contributed by atoms with Crippen molar-refractivity contribution in [3.05, 3.63) is 300 Å². The van der Waals surface area contributed by atoms with Crippen LogP contribution >= 0.6 is 31.9 Å². The van der Waals surface area contributed by atoms with Gasteiger partial charge in [-0.15, -0.1) is 0 Å². The molecule has 0 N–H and O–H groups in total. The molecule has 10 aromatic carbocycles. The van der Waals surface area contributed by atoms with Crippen LogP contribution in [0.4, 0.5) is 51.2 Å². The van der Waals surface area contributed by atoms with E-state index in [9.17, 15) is 0 Å². The fourth-order valence-electron chi connectivity index (χ4n) is 14.2. The van der Waals surface area contributed by atoms with E-state index in [1.54, 1.807) is 0 Å². The summed E-state index contributed by atoms with van der Waals surface area (Å²) in [6, 6.07) is 77.3. The van der Waals surface area contributed by atoms with Crippen molar-refractivity contribution in [1.29, 1.82) is 0 Å². The van der Waals surface area contributed by atoms with E-state index in [4.69, 9.17) is 8.83 Å². The van der Waals surface area contributed by atoms with Crippen molar-refractivity contribution >= 4 is 105 Å². The first-order valence-corrected chi connectivity index (χ1v) is 42.3. The highest BCUT2D eigenvalue weighted by Gasteiger charge is 2.31. The molecule has 0 aliphatic carbocycles. The van der Waals surface area contributed by atoms with Gasteiger partial charge in [-0.3, -0.25) is 0 Å². The quantitative estimate of drug-likeness (QED) is 0.129. The van der Waals surface area contributed by atoms with Crippen LogP contribution in [-0.4, -0.2) is 0 Å². The maximum atomic E-state index is 6.37. The molecule has 2 aromatic heterocycles. The number of anilines is 9. The van der Waals surface area contributed by atoms with Crippen LogP contribution in [0.2, 0.25) is 0 Å². The first-order valence-electron chi connectivity index (χ1n) is 40.8. The minimum atomic E-state index is -0.142. The molecule has 0 aliphatic rings. The number of hydrogen-bond acceptors (Lipinski definition) is 5. The Morgan fingerprint density at radius 1 is 0.230 bits per heavy atom. The average molecular weight is 1640 g/mol. The predicted molar refractivity (Wildman–Crippen MR) is 499 cm³/mol. The highest BCUT2D eigenvalue weighted by Crippen LogP contribution is 2.50. The van der Waals surface area contributed by atoms with Gasteiger partial charge in [0.25, 0.3) is 0 Å².